The number of carbonyl (C=O) groups is 1. The molecule has 1 aliphatic heterocycles. The van der Waals surface area contributed by atoms with Crippen molar-refractivity contribution in [3.05, 3.63) is 72.2 Å². The van der Waals surface area contributed by atoms with E-state index in [1.54, 1.807) is 18.5 Å². The Morgan fingerprint density at radius 1 is 1.16 bits per heavy atom. The highest BCUT2D eigenvalue weighted by molar-refractivity contribution is 5.87. The van der Waals surface area contributed by atoms with Gasteiger partial charge in [-0.05, 0) is 24.1 Å². The molecule has 1 saturated heterocycles. The van der Waals surface area contributed by atoms with Crippen molar-refractivity contribution in [2.75, 3.05) is 6.54 Å². The Bertz CT molecular complexity index is 902. The van der Waals surface area contributed by atoms with E-state index in [1.165, 1.54) is 0 Å². The molecule has 4 rings (SSSR count). The third-order valence-corrected chi connectivity index (χ3v) is 4.57. The summed E-state index contributed by atoms with van der Waals surface area (Å²) in [5.74, 6) is 0.0888. The van der Waals surface area contributed by atoms with Crippen molar-refractivity contribution in [3.63, 3.8) is 0 Å². The minimum absolute atomic E-state index is 0.0508. The molecule has 5 nitrogen and oxygen atoms in total. The monoisotopic (exact) mass is 333 g/mol. The van der Waals surface area contributed by atoms with Crippen LogP contribution in [0.4, 0.5) is 0 Å². The predicted octanol–water partition coefficient (Wildman–Crippen LogP) is 2.91. The lowest BCUT2D eigenvalue weighted by Gasteiger charge is -2.14. The van der Waals surface area contributed by atoms with Gasteiger partial charge in [0.15, 0.2) is 0 Å². The minimum atomic E-state index is -0.199. The number of imidazole rings is 1. The fourth-order valence-corrected chi connectivity index (χ4v) is 3.41. The Kier molecular flexibility index (Phi) is 3.98. The molecule has 2 heterocycles. The van der Waals surface area contributed by atoms with Gasteiger partial charge in [-0.3, -0.25) is 4.79 Å². The van der Waals surface area contributed by atoms with Gasteiger partial charge in [0, 0.05) is 18.7 Å². The first-order chi connectivity index (χ1) is 12.2. The average molecular weight is 333 g/mol. The first-order valence-corrected chi connectivity index (χ1v) is 8.38. The van der Waals surface area contributed by atoms with Crippen molar-refractivity contribution in [3.8, 4) is 17.0 Å². The Balaban J connectivity index is 1.79. The van der Waals surface area contributed by atoms with Gasteiger partial charge in [-0.2, -0.15) is 0 Å². The smallest absolute Gasteiger partial charge is 0.229 e. The van der Waals surface area contributed by atoms with E-state index >= 15 is 0 Å². The second-order valence-electron chi connectivity index (χ2n) is 6.27. The Labute approximate surface area is 146 Å². The molecule has 0 spiro atoms. The first-order valence-electron chi connectivity index (χ1n) is 8.38. The summed E-state index contributed by atoms with van der Waals surface area (Å²) in [6.07, 6.45) is 2.55. The number of hydrogen-bond acceptors (Lipinski definition) is 3. The van der Waals surface area contributed by atoms with Crippen LogP contribution in [-0.4, -0.2) is 27.1 Å². The maximum atomic E-state index is 12.3. The van der Waals surface area contributed by atoms with Gasteiger partial charge in [0.2, 0.25) is 5.91 Å². The number of benzene rings is 2. The minimum Gasteiger partial charge on any atom is -0.508 e. The summed E-state index contributed by atoms with van der Waals surface area (Å²) in [7, 11) is 0. The molecule has 1 amide bonds. The molecule has 25 heavy (non-hydrogen) atoms. The Morgan fingerprint density at radius 2 is 2.00 bits per heavy atom. The first kappa shape index (κ1) is 15.4. The second kappa shape index (κ2) is 6.43. The summed E-state index contributed by atoms with van der Waals surface area (Å²) in [6.45, 7) is 1.25. The van der Waals surface area contributed by atoms with Gasteiger partial charge in [0.1, 0.15) is 5.75 Å². The summed E-state index contributed by atoms with van der Waals surface area (Å²) in [5.41, 5.74) is 3.76. The van der Waals surface area contributed by atoms with Crippen LogP contribution in [0.2, 0.25) is 0 Å². The molecule has 1 fully saturated rings. The van der Waals surface area contributed by atoms with Gasteiger partial charge in [-0.15, -0.1) is 0 Å². The van der Waals surface area contributed by atoms with E-state index in [4.69, 9.17) is 0 Å². The molecule has 1 aromatic heterocycles. The SMILES string of the molecule is O=C1NCCC1c1c(-c2ccccc2)ncn1Cc1cccc(O)c1. The summed E-state index contributed by atoms with van der Waals surface area (Å²) in [4.78, 5) is 16.9. The van der Waals surface area contributed by atoms with Crippen LogP contribution in [0.25, 0.3) is 11.3 Å². The second-order valence-corrected chi connectivity index (χ2v) is 6.27. The van der Waals surface area contributed by atoms with Crippen molar-refractivity contribution < 1.29 is 9.90 Å². The summed E-state index contributed by atoms with van der Waals surface area (Å²) >= 11 is 0. The summed E-state index contributed by atoms with van der Waals surface area (Å²) in [5, 5.41) is 12.6. The van der Waals surface area contributed by atoms with E-state index in [9.17, 15) is 9.90 Å². The quantitative estimate of drug-likeness (QED) is 0.771. The lowest BCUT2D eigenvalue weighted by molar-refractivity contribution is -0.120. The third-order valence-electron chi connectivity index (χ3n) is 4.57. The number of phenolic OH excluding ortho intramolecular Hbond substituents is 1. The van der Waals surface area contributed by atoms with Crippen molar-refractivity contribution in [2.45, 2.75) is 18.9 Å². The van der Waals surface area contributed by atoms with Gasteiger partial charge >= 0.3 is 0 Å². The van der Waals surface area contributed by atoms with Gasteiger partial charge in [-0.25, -0.2) is 4.98 Å². The van der Waals surface area contributed by atoms with E-state index in [1.807, 2.05) is 47.0 Å². The number of aromatic hydroxyl groups is 1. The van der Waals surface area contributed by atoms with Crippen LogP contribution in [0.15, 0.2) is 60.9 Å². The number of aromatic nitrogens is 2. The predicted molar refractivity (Wildman–Crippen MR) is 95.2 cm³/mol. The van der Waals surface area contributed by atoms with Crippen LogP contribution in [0, 0.1) is 0 Å². The molecule has 0 radical (unpaired) electrons. The van der Waals surface area contributed by atoms with Crippen LogP contribution in [0.5, 0.6) is 5.75 Å². The van der Waals surface area contributed by atoms with Crippen LogP contribution < -0.4 is 5.32 Å². The van der Waals surface area contributed by atoms with Crippen molar-refractivity contribution in [1.82, 2.24) is 14.9 Å². The zero-order valence-corrected chi connectivity index (χ0v) is 13.7. The van der Waals surface area contributed by atoms with Crippen molar-refractivity contribution in [1.29, 1.82) is 0 Å². The molecule has 3 aromatic rings. The standard InChI is InChI=1S/C20H19N3O2/c24-16-8-4-5-14(11-16)12-23-13-22-18(15-6-2-1-3-7-15)19(23)17-9-10-21-20(17)25/h1-8,11,13,17,24H,9-10,12H2,(H,21,25). The third kappa shape index (κ3) is 3.01. The van der Waals surface area contributed by atoms with Crippen LogP contribution in [0.3, 0.4) is 0 Å². The van der Waals surface area contributed by atoms with E-state index in [2.05, 4.69) is 10.3 Å². The van der Waals surface area contributed by atoms with Gasteiger partial charge in [0.05, 0.1) is 23.6 Å². The lowest BCUT2D eigenvalue weighted by Crippen LogP contribution is -2.20. The number of amides is 1. The highest BCUT2D eigenvalue weighted by Gasteiger charge is 2.31. The zero-order valence-electron chi connectivity index (χ0n) is 13.7. The number of hydrogen-bond donors (Lipinski definition) is 2. The van der Waals surface area contributed by atoms with Crippen LogP contribution in [0.1, 0.15) is 23.6 Å². The largest absolute Gasteiger partial charge is 0.508 e. The van der Waals surface area contributed by atoms with E-state index in [0.29, 0.717) is 13.1 Å². The van der Waals surface area contributed by atoms with E-state index in [0.717, 1.165) is 28.9 Å². The molecule has 0 saturated carbocycles. The molecular weight excluding hydrogens is 314 g/mol. The summed E-state index contributed by atoms with van der Waals surface area (Å²) < 4.78 is 2.02. The molecule has 1 unspecified atom stereocenters. The number of carbonyl (C=O) groups excluding carboxylic acids is 1. The number of nitrogens with one attached hydrogen (secondary N) is 1. The van der Waals surface area contributed by atoms with Crippen molar-refractivity contribution >= 4 is 5.91 Å². The molecule has 5 heteroatoms. The Morgan fingerprint density at radius 3 is 2.72 bits per heavy atom. The molecule has 126 valence electrons. The lowest BCUT2D eigenvalue weighted by atomic mass is 9.98. The van der Waals surface area contributed by atoms with E-state index in [-0.39, 0.29) is 17.6 Å². The maximum absolute atomic E-state index is 12.3. The van der Waals surface area contributed by atoms with Gasteiger partial charge in [-0.1, -0.05) is 42.5 Å². The molecule has 0 aliphatic carbocycles. The highest BCUT2D eigenvalue weighted by atomic mass is 16.3. The maximum Gasteiger partial charge on any atom is 0.229 e. The van der Waals surface area contributed by atoms with Crippen LogP contribution in [-0.2, 0) is 11.3 Å². The molecule has 2 N–H and O–H groups in total. The Hall–Kier alpha value is -3.08. The fourth-order valence-electron chi connectivity index (χ4n) is 3.41. The topological polar surface area (TPSA) is 67.2 Å². The molecule has 1 atom stereocenters. The molecule has 2 aromatic carbocycles. The number of phenols is 1. The number of nitrogens with zero attached hydrogens (tertiary/aromatic N) is 2. The number of rotatable bonds is 4. The van der Waals surface area contributed by atoms with E-state index < -0.39 is 0 Å². The average Bonchev–Trinajstić information content (AvgIpc) is 3.21. The van der Waals surface area contributed by atoms with Crippen molar-refractivity contribution in [2.24, 2.45) is 0 Å². The normalized spacial score (nSPS) is 16.8. The van der Waals surface area contributed by atoms with Gasteiger partial charge < -0.3 is 15.0 Å². The van der Waals surface area contributed by atoms with Gasteiger partial charge in [0.25, 0.3) is 0 Å². The zero-order chi connectivity index (χ0) is 17.2. The molecular formula is C20H19N3O2. The molecule has 0 bridgehead atoms. The van der Waals surface area contributed by atoms with Crippen LogP contribution >= 0.6 is 0 Å². The molecule has 1 aliphatic rings. The highest BCUT2D eigenvalue weighted by Crippen LogP contribution is 2.33. The fraction of sp³-hybridized carbons (Fsp3) is 0.200. The summed E-state index contributed by atoms with van der Waals surface area (Å²) in [6, 6.07) is 17.1.